The monoisotopic (exact) mass is 329 g/mol. The zero-order valence-corrected chi connectivity index (χ0v) is 11.6. The molecule has 16 heavy (non-hydrogen) atoms. The summed E-state index contributed by atoms with van der Waals surface area (Å²) in [5.74, 6) is -2.47. The Morgan fingerprint density at radius 2 is 2.06 bits per heavy atom. The highest BCUT2D eigenvalue weighted by Gasteiger charge is 2.33. The number of likely N-dealkylation sites (tertiary alicyclic amines) is 1. The number of nitrogens with zero attached hydrogens (tertiary/aromatic N) is 1. The second-order valence-electron chi connectivity index (χ2n) is 3.97. The Kier molecular flexibility index (Phi) is 3.89. The van der Waals surface area contributed by atoms with Crippen LogP contribution in [0.3, 0.4) is 0 Å². The fourth-order valence-electron chi connectivity index (χ4n) is 1.73. The molecule has 1 aliphatic heterocycles. The number of alkyl halides is 2. The average molecular weight is 331 g/mol. The van der Waals surface area contributed by atoms with E-state index in [2.05, 4.69) is 15.9 Å². The van der Waals surface area contributed by atoms with Gasteiger partial charge in [0.2, 0.25) is 0 Å². The molecule has 1 aromatic rings. The van der Waals surface area contributed by atoms with Gasteiger partial charge in [-0.15, -0.1) is 11.3 Å². The molecule has 0 amide bonds. The molecule has 0 N–H and O–H groups in total. The van der Waals surface area contributed by atoms with Crippen LogP contribution in [0.1, 0.15) is 17.7 Å². The molecule has 90 valence electrons. The van der Waals surface area contributed by atoms with Gasteiger partial charge >= 0.3 is 0 Å². The van der Waals surface area contributed by atoms with Crippen LogP contribution < -0.4 is 0 Å². The minimum Gasteiger partial charge on any atom is -0.298 e. The van der Waals surface area contributed by atoms with Crippen molar-refractivity contribution in [2.45, 2.75) is 25.3 Å². The van der Waals surface area contributed by atoms with Gasteiger partial charge in [0.1, 0.15) is 4.34 Å². The van der Waals surface area contributed by atoms with Crippen LogP contribution in [0.25, 0.3) is 0 Å². The number of rotatable bonds is 2. The van der Waals surface area contributed by atoms with Crippen LogP contribution in [0.5, 0.6) is 0 Å². The summed E-state index contributed by atoms with van der Waals surface area (Å²) in [6.45, 7) is 1.63. The summed E-state index contributed by atoms with van der Waals surface area (Å²) in [6, 6.07) is 1.96. The summed E-state index contributed by atoms with van der Waals surface area (Å²) in [5.41, 5.74) is 0. The molecule has 6 heteroatoms. The average Bonchev–Trinajstić information content (AvgIpc) is 2.50. The minimum absolute atomic E-state index is 0.0344. The topological polar surface area (TPSA) is 3.24 Å². The number of thiophene rings is 1. The maximum absolute atomic E-state index is 12.9. The van der Waals surface area contributed by atoms with Crippen LogP contribution >= 0.6 is 38.9 Å². The summed E-state index contributed by atoms with van der Waals surface area (Å²) in [5, 5.41) is 0. The predicted octanol–water partition coefficient (Wildman–Crippen LogP) is 4.40. The van der Waals surface area contributed by atoms with Crippen molar-refractivity contribution in [2.75, 3.05) is 13.1 Å². The Morgan fingerprint density at radius 1 is 1.44 bits per heavy atom. The van der Waals surface area contributed by atoms with Gasteiger partial charge in [-0.05, 0) is 22.0 Å². The summed E-state index contributed by atoms with van der Waals surface area (Å²) in [7, 11) is 0. The van der Waals surface area contributed by atoms with Crippen molar-refractivity contribution in [3.63, 3.8) is 0 Å². The summed E-state index contributed by atoms with van der Waals surface area (Å²) in [4.78, 5) is 3.16. The van der Waals surface area contributed by atoms with E-state index in [0.717, 1.165) is 13.7 Å². The molecule has 0 spiro atoms. The first-order valence-electron chi connectivity index (χ1n) is 5.00. The van der Waals surface area contributed by atoms with Gasteiger partial charge in [-0.2, -0.15) is 0 Å². The van der Waals surface area contributed by atoms with Crippen LogP contribution in [0.15, 0.2) is 10.5 Å². The third-order valence-electron chi connectivity index (χ3n) is 2.66. The standard InChI is InChI=1S/C10H11BrClF2NS/c11-8-5-7(16-9(8)12)6-15-3-1-10(13,14)2-4-15/h5H,1-4,6H2. The first kappa shape index (κ1) is 12.7. The maximum atomic E-state index is 12.9. The third kappa shape index (κ3) is 3.15. The summed E-state index contributed by atoms with van der Waals surface area (Å²) < 4.78 is 27.5. The number of piperidine rings is 1. The molecular formula is C10H11BrClF2NS. The Hall–Kier alpha value is 0.290. The second kappa shape index (κ2) is 4.88. The van der Waals surface area contributed by atoms with E-state index in [9.17, 15) is 8.78 Å². The number of hydrogen-bond donors (Lipinski definition) is 0. The Labute approximate surface area is 111 Å². The normalized spacial score (nSPS) is 21.2. The lowest BCUT2D eigenvalue weighted by molar-refractivity contribution is -0.0564. The van der Waals surface area contributed by atoms with Crippen molar-refractivity contribution in [3.8, 4) is 0 Å². The lowest BCUT2D eigenvalue weighted by Gasteiger charge is -2.31. The lowest BCUT2D eigenvalue weighted by atomic mass is 10.1. The zero-order chi connectivity index (χ0) is 11.8. The molecule has 0 aliphatic carbocycles. The van der Waals surface area contributed by atoms with Crippen LogP contribution in [0, 0.1) is 0 Å². The van der Waals surface area contributed by atoms with Gasteiger partial charge in [0.15, 0.2) is 0 Å². The molecule has 0 atom stereocenters. The van der Waals surface area contributed by atoms with Crippen LogP contribution in [-0.2, 0) is 6.54 Å². The van der Waals surface area contributed by atoms with Gasteiger partial charge in [0, 0.05) is 41.8 Å². The molecule has 2 rings (SSSR count). The molecule has 0 unspecified atom stereocenters. The van der Waals surface area contributed by atoms with Crippen LogP contribution in [-0.4, -0.2) is 23.9 Å². The summed E-state index contributed by atoms with van der Waals surface area (Å²) >= 11 is 10.8. The SMILES string of the molecule is FC1(F)CCN(Cc2cc(Br)c(Cl)s2)CC1. The summed E-state index contributed by atoms with van der Waals surface area (Å²) in [6.07, 6.45) is -0.0689. The fraction of sp³-hybridized carbons (Fsp3) is 0.600. The van der Waals surface area contributed by atoms with E-state index in [4.69, 9.17) is 11.6 Å². The van der Waals surface area contributed by atoms with Crippen molar-refractivity contribution in [1.29, 1.82) is 0 Å². The Balaban J connectivity index is 1.92. The highest BCUT2D eigenvalue weighted by atomic mass is 79.9. The van der Waals surface area contributed by atoms with Gasteiger partial charge < -0.3 is 0 Å². The molecule has 1 aromatic heterocycles. The molecule has 1 fully saturated rings. The van der Waals surface area contributed by atoms with Crippen molar-refractivity contribution in [3.05, 3.63) is 19.8 Å². The van der Waals surface area contributed by atoms with Crippen LogP contribution in [0.4, 0.5) is 8.78 Å². The van der Waals surface area contributed by atoms with E-state index in [0.29, 0.717) is 19.6 Å². The van der Waals surface area contributed by atoms with Crippen molar-refractivity contribution < 1.29 is 8.78 Å². The van der Waals surface area contributed by atoms with E-state index in [-0.39, 0.29) is 12.8 Å². The smallest absolute Gasteiger partial charge is 0.250 e. The van der Waals surface area contributed by atoms with Crippen molar-refractivity contribution >= 4 is 38.9 Å². The molecular weight excluding hydrogens is 320 g/mol. The van der Waals surface area contributed by atoms with Crippen LogP contribution in [0.2, 0.25) is 4.34 Å². The highest BCUT2D eigenvalue weighted by Crippen LogP contribution is 2.34. The number of halogens is 4. The van der Waals surface area contributed by atoms with E-state index in [1.54, 1.807) is 0 Å². The van der Waals surface area contributed by atoms with Gasteiger partial charge in [-0.1, -0.05) is 11.6 Å². The van der Waals surface area contributed by atoms with Gasteiger partial charge in [0.25, 0.3) is 5.92 Å². The quantitative estimate of drug-likeness (QED) is 0.777. The Morgan fingerprint density at radius 3 is 2.56 bits per heavy atom. The van der Waals surface area contributed by atoms with Crippen molar-refractivity contribution in [2.24, 2.45) is 0 Å². The van der Waals surface area contributed by atoms with Gasteiger partial charge in [0.05, 0.1) is 0 Å². The molecule has 1 nitrogen and oxygen atoms in total. The number of hydrogen-bond acceptors (Lipinski definition) is 2. The Bertz CT molecular complexity index is 353. The molecule has 0 radical (unpaired) electrons. The van der Waals surface area contributed by atoms with E-state index in [1.807, 2.05) is 11.0 Å². The first-order valence-corrected chi connectivity index (χ1v) is 6.99. The van der Waals surface area contributed by atoms with Gasteiger partial charge in [-0.25, -0.2) is 8.78 Å². The third-order valence-corrected chi connectivity index (χ3v) is 5.12. The van der Waals surface area contributed by atoms with E-state index < -0.39 is 5.92 Å². The molecule has 1 saturated heterocycles. The largest absolute Gasteiger partial charge is 0.298 e. The molecule has 0 aromatic carbocycles. The maximum Gasteiger partial charge on any atom is 0.250 e. The van der Waals surface area contributed by atoms with Crippen molar-refractivity contribution in [1.82, 2.24) is 4.90 Å². The van der Waals surface area contributed by atoms with E-state index >= 15 is 0 Å². The second-order valence-corrected chi connectivity index (χ2v) is 6.56. The molecule has 1 aliphatic rings. The molecule has 0 bridgehead atoms. The lowest BCUT2D eigenvalue weighted by Crippen LogP contribution is -2.38. The van der Waals surface area contributed by atoms with Gasteiger partial charge in [-0.3, -0.25) is 4.90 Å². The zero-order valence-electron chi connectivity index (χ0n) is 8.48. The first-order chi connectivity index (χ1) is 7.46. The molecule has 2 heterocycles. The molecule has 0 saturated carbocycles. The predicted molar refractivity (Wildman–Crippen MR) is 66.5 cm³/mol. The van der Waals surface area contributed by atoms with E-state index in [1.165, 1.54) is 11.3 Å². The highest BCUT2D eigenvalue weighted by molar-refractivity contribution is 9.10. The minimum atomic E-state index is -2.47. The fourth-order valence-corrected chi connectivity index (χ4v) is 3.56.